The average Bonchev–Trinajstić information content (AvgIpc) is 1.73. The third-order valence-corrected chi connectivity index (χ3v) is 17.7. The predicted octanol–water partition coefficient (Wildman–Crippen LogP) is -14.0. The Balaban J connectivity index is 1.26. The highest BCUT2D eigenvalue weighted by atomic mass is 16.3. The van der Waals surface area contributed by atoms with Crippen LogP contribution in [0.15, 0.2) is 42.9 Å². The fourth-order valence-electron chi connectivity index (χ4n) is 11.7. The molecule has 0 aliphatic carbocycles. The second kappa shape index (κ2) is 48.8. The van der Waals surface area contributed by atoms with Gasteiger partial charge in [-0.2, -0.15) is 0 Å². The Morgan fingerprint density at radius 2 is 0.788 bits per heavy atom. The zero-order chi connectivity index (χ0) is 88.0. The highest BCUT2D eigenvalue weighted by Gasteiger charge is 2.39. The van der Waals surface area contributed by atoms with Crippen LogP contribution in [0.5, 0.6) is 0 Å². The van der Waals surface area contributed by atoms with E-state index < -0.39 is 287 Å². The first-order chi connectivity index (χ1) is 55.7. The number of nitrogens with one attached hydrogen (secondary N) is 18. The Labute approximate surface area is 674 Å². The molecular weight excluding hydrogens is 1560 g/mol. The van der Waals surface area contributed by atoms with Gasteiger partial charge < -0.3 is 133 Å². The minimum Gasteiger partial charge on any atom is -0.394 e. The molecule has 118 heavy (non-hydrogen) atoms. The first kappa shape index (κ1) is 97.1. The van der Waals surface area contributed by atoms with Gasteiger partial charge in [0, 0.05) is 44.7 Å². The van der Waals surface area contributed by atoms with Gasteiger partial charge in [-0.3, -0.25) is 105 Å². The monoisotopic (exact) mass is 1660 g/mol. The number of imidazole rings is 1. The Bertz CT molecular complexity index is 3960. The van der Waals surface area contributed by atoms with Crippen LogP contribution < -0.4 is 108 Å². The van der Waals surface area contributed by atoms with E-state index in [0.717, 1.165) is 23.6 Å². The minimum atomic E-state index is -1.75. The molecule has 48 nitrogen and oxygen atoms in total. The zero-order valence-electron chi connectivity index (χ0n) is 65.6. The number of aromatic nitrogens is 2. The quantitative estimate of drug-likeness (QED) is 0.0293. The van der Waals surface area contributed by atoms with Gasteiger partial charge in [0.2, 0.25) is 130 Å². The number of carbonyl (C=O) groups is 22. The van der Waals surface area contributed by atoms with Crippen molar-refractivity contribution < 1.29 is 116 Å². The van der Waals surface area contributed by atoms with Crippen molar-refractivity contribution in [2.45, 2.75) is 159 Å². The van der Waals surface area contributed by atoms with Gasteiger partial charge in [0.1, 0.15) is 60.4 Å². The van der Waals surface area contributed by atoms with E-state index in [2.05, 4.69) is 100 Å². The molecule has 0 unspecified atom stereocenters. The topological polar surface area (TPSA) is 734 Å². The van der Waals surface area contributed by atoms with E-state index >= 15 is 0 Å². The molecule has 0 saturated carbocycles. The van der Waals surface area contributed by atoms with Gasteiger partial charge in [-0.1, -0.05) is 58.0 Å². The maximum absolute atomic E-state index is 13.8. The number of aliphatic hydroxyl groups is 2. The number of H-pyrrole nitrogens is 1. The molecule has 1 aromatic heterocycles. The number of aromatic amines is 1. The molecule has 48 heteroatoms. The normalized spacial score (nSPS) is 15.7. The van der Waals surface area contributed by atoms with Crippen LogP contribution in [0.2, 0.25) is 0 Å². The lowest BCUT2D eigenvalue weighted by Crippen LogP contribution is -2.58. The Morgan fingerprint density at radius 3 is 1.19 bits per heavy atom. The standard InChI is InChI=1S/C70H104N24O24/c1-34(2)58(68(116)82-30-56(107)93-16-11-15-46(93)67(115)81-29-55(106)92-60(36(5)96)69(117)83-31-57(108)94-17-10-14-45(94)66(114)80-26-52(103)88-44(32-95)65(113)75-23-49(73)100)90-53(104)27-79-64(112)43(21-48(72)99)87-51(102)25-76-61(109)40(18-38-12-8-7-9-13-38)86-50(101)24-77-62(110)41(19-39-22-74-33-84-39)89-70(118)59(35(3)4)91-54(105)28-78-63(111)42(20-47(71)98)85-37(6)97/h7-9,12-13,22,33-36,40-46,58-60,95-96H,10-11,14-21,23-32H2,1-6H3,(H2,71,98)(H2,72,99)(H2,73,100)(H,74,84)(H,75,113)(H,76,109)(H,77,110)(H,78,111)(H,79,112)(H,80,114)(H,81,115)(H,82,116)(H,83,117)(H,85,97)(H,86,101)(H,87,102)(H,88,103)(H,89,118)(H,90,104)(H,91,105)(H,92,106)/t36-,40+,41+,42+,43+,44+,45+,46+,58+,59+,60+/m1/s1. The molecule has 4 rings (SSSR count). The second-order valence-corrected chi connectivity index (χ2v) is 27.9. The molecule has 11 atom stereocenters. The van der Waals surface area contributed by atoms with Crippen molar-refractivity contribution in [2.75, 3.05) is 78.6 Å². The Kier molecular flexibility index (Phi) is 40.1. The first-order valence-electron chi connectivity index (χ1n) is 37.3. The maximum atomic E-state index is 13.8. The smallest absolute Gasteiger partial charge is 0.245 e. The van der Waals surface area contributed by atoms with Crippen LogP contribution in [0, 0.1) is 11.8 Å². The molecule has 0 bridgehead atoms. The van der Waals surface area contributed by atoms with Crippen LogP contribution in [-0.2, 0) is 118 Å². The van der Waals surface area contributed by atoms with Gasteiger partial charge >= 0.3 is 0 Å². The summed E-state index contributed by atoms with van der Waals surface area (Å²) in [6.07, 6.45) is 0.204. The number of hydrogen-bond acceptors (Lipinski definition) is 25. The van der Waals surface area contributed by atoms with Crippen molar-refractivity contribution >= 4 is 130 Å². The molecule has 648 valence electrons. The van der Waals surface area contributed by atoms with E-state index in [1.54, 1.807) is 44.2 Å². The van der Waals surface area contributed by atoms with Gasteiger partial charge in [-0.05, 0) is 50.0 Å². The summed E-state index contributed by atoms with van der Waals surface area (Å²) >= 11 is 0. The van der Waals surface area contributed by atoms with Crippen LogP contribution in [0.25, 0.3) is 0 Å². The van der Waals surface area contributed by atoms with Crippen molar-refractivity contribution in [1.82, 2.24) is 110 Å². The summed E-state index contributed by atoms with van der Waals surface area (Å²) in [5.74, 6) is -21.3. The van der Waals surface area contributed by atoms with E-state index in [9.17, 15) is 116 Å². The van der Waals surface area contributed by atoms with E-state index in [0.29, 0.717) is 24.1 Å². The fraction of sp³-hybridized carbons (Fsp3) is 0.557. The molecule has 3 heterocycles. The van der Waals surface area contributed by atoms with Gasteiger partial charge in [-0.15, -0.1) is 0 Å². The summed E-state index contributed by atoms with van der Waals surface area (Å²) in [7, 11) is 0. The summed E-state index contributed by atoms with van der Waals surface area (Å²) in [5.41, 5.74) is 16.4. The van der Waals surface area contributed by atoms with Crippen LogP contribution in [0.4, 0.5) is 0 Å². The minimum absolute atomic E-state index is 0.0361. The van der Waals surface area contributed by atoms with Crippen LogP contribution in [-0.4, -0.2) is 305 Å². The highest BCUT2D eigenvalue weighted by molar-refractivity contribution is 6.01. The van der Waals surface area contributed by atoms with Crippen molar-refractivity contribution in [3.63, 3.8) is 0 Å². The number of nitrogens with zero attached hydrogens (tertiary/aromatic N) is 3. The number of primary amides is 3. The van der Waals surface area contributed by atoms with Gasteiger partial charge in [-0.25, -0.2) is 4.98 Å². The largest absolute Gasteiger partial charge is 0.394 e. The van der Waals surface area contributed by atoms with E-state index in [4.69, 9.17) is 17.2 Å². The number of rotatable bonds is 48. The molecule has 1 aromatic carbocycles. The fourth-order valence-corrected chi connectivity index (χ4v) is 11.7. The highest BCUT2D eigenvalue weighted by Crippen LogP contribution is 2.19. The number of benzene rings is 1. The number of aliphatic hydroxyl groups excluding tert-OH is 2. The van der Waals surface area contributed by atoms with Crippen LogP contribution >= 0.6 is 0 Å². The molecule has 2 saturated heterocycles. The summed E-state index contributed by atoms with van der Waals surface area (Å²) in [5, 5.41) is 59.4. The number of nitrogens with two attached hydrogens (primary N) is 3. The molecule has 2 aromatic rings. The van der Waals surface area contributed by atoms with Crippen molar-refractivity contribution in [2.24, 2.45) is 29.0 Å². The number of carbonyl (C=O) groups excluding carboxylic acids is 22. The molecule has 26 N–H and O–H groups in total. The summed E-state index contributed by atoms with van der Waals surface area (Å²) < 4.78 is 0. The first-order valence-corrected chi connectivity index (χ1v) is 37.3. The lowest BCUT2D eigenvalue weighted by Gasteiger charge is -2.26. The Hall–Kier alpha value is -13.3. The van der Waals surface area contributed by atoms with Crippen molar-refractivity contribution in [3.05, 3.63) is 54.1 Å². The Morgan fingerprint density at radius 1 is 0.424 bits per heavy atom. The van der Waals surface area contributed by atoms with Crippen molar-refractivity contribution in [3.8, 4) is 0 Å². The van der Waals surface area contributed by atoms with Crippen LogP contribution in [0.3, 0.4) is 0 Å². The van der Waals surface area contributed by atoms with Gasteiger partial charge in [0.15, 0.2) is 0 Å². The zero-order valence-corrected chi connectivity index (χ0v) is 65.6. The molecule has 2 aliphatic heterocycles. The maximum Gasteiger partial charge on any atom is 0.245 e. The second-order valence-electron chi connectivity index (χ2n) is 27.9. The van der Waals surface area contributed by atoms with Crippen molar-refractivity contribution in [1.29, 1.82) is 0 Å². The van der Waals surface area contributed by atoms with Gasteiger partial charge in [0.25, 0.3) is 0 Å². The summed E-state index contributed by atoms with van der Waals surface area (Å²) in [6.45, 7) is 1.02. The predicted molar refractivity (Wildman–Crippen MR) is 405 cm³/mol. The molecule has 2 aliphatic rings. The van der Waals surface area contributed by atoms with E-state index in [1.807, 2.05) is 0 Å². The number of amides is 22. The third-order valence-electron chi connectivity index (χ3n) is 17.7. The SMILES string of the molecule is CC(=O)N[C@@H](CC(N)=O)C(=O)NCC(=O)N[C@H](C(=O)N[C@@H](Cc1cnc[nH]1)C(=O)NCC(=O)N[C@@H](Cc1ccccc1)C(=O)NCC(=O)N[C@@H](CC(N)=O)C(=O)NCC(=O)N[C@H](C(=O)NCC(=O)N1CCC[C@H]1C(=O)NCC(=O)N[C@H](C(=O)NCC(=O)N1CCC[C@H]1C(=O)NCC(=O)N[C@@H](CO)C(=O)NCC(N)=O)[C@@H](C)O)C(C)C)C(C)C. The molecule has 2 fully saturated rings. The summed E-state index contributed by atoms with van der Waals surface area (Å²) in [6, 6.07) is -5.94. The number of hydrogen-bond donors (Lipinski definition) is 23. The number of likely N-dealkylation sites (tertiary alicyclic amines) is 2. The molecule has 0 radical (unpaired) electrons. The lowest BCUT2D eigenvalue weighted by atomic mass is 10.0. The summed E-state index contributed by atoms with van der Waals surface area (Å²) in [4.78, 5) is 294. The van der Waals surface area contributed by atoms with E-state index in [1.165, 1.54) is 26.4 Å². The molecule has 0 spiro atoms. The van der Waals surface area contributed by atoms with E-state index in [-0.39, 0.29) is 38.8 Å². The van der Waals surface area contributed by atoms with Crippen LogP contribution in [0.1, 0.15) is 91.3 Å². The molecular formula is C70H104N24O24. The van der Waals surface area contributed by atoms with Gasteiger partial charge in [0.05, 0.1) is 90.8 Å². The lowest BCUT2D eigenvalue weighted by molar-refractivity contribution is -0.140. The third kappa shape index (κ3) is 34.0. The average molecular weight is 1670 g/mol. The molecule has 22 amide bonds.